The van der Waals surface area contributed by atoms with E-state index in [1.54, 1.807) is 12.3 Å². The molecule has 1 aromatic heterocycles. The summed E-state index contributed by atoms with van der Waals surface area (Å²) in [6.45, 7) is 4.71. The van der Waals surface area contributed by atoms with Crippen molar-refractivity contribution < 1.29 is 4.79 Å². The zero-order chi connectivity index (χ0) is 18.4. The van der Waals surface area contributed by atoms with Crippen molar-refractivity contribution in [1.29, 1.82) is 0 Å². The van der Waals surface area contributed by atoms with E-state index >= 15 is 0 Å². The SMILES string of the molecule is O=C(NCc1ccc(Cl)cc1)N1CCN(CCn2ncccc2=O)CC1. The van der Waals surface area contributed by atoms with E-state index in [9.17, 15) is 9.59 Å². The Morgan fingerprint density at radius 3 is 2.50 bits per heavy atom. The van der Waals surface area contributed by atoms with Gasteiger partial charge >= 0.3 is 6.03 Å². The van der Waals surface area contributed by atoms with Crippen LogP contribution in [0.5, 0.6) is 0 Å². The highest BCUT2D eigenvalue weighted by Crippen LogP contribution is 2.09. The lowest BCUT2D eigenvalue weighted by molar-refractivity contribution is 0.135. The summed E-state index contributed by atoms with van der Waals surface area (Å²) in [5, 5.41) is 7.68. The smallest absolute Gasteiger partial charge is 0.317 e. The van der Waals surface area contributed by atoms with Crippen molar-refractivity contribution in [2.75, 3.05) is 32.7 Å². The van der Waals surface area contributed by atoms with Gasteiger partial charge in [0.1, 0.15) is 0 Å². The summed E-state index contributed by atoms with van der Waals surface area (Å²) in [6, 6.07) is 10.5. The molecule has 1 fully saturated rings. The predicted molar refractivity (Wildman–Crippen MR) is 100 cm³/mol. The maximum atomic E-state index is 12.3. The molecular formula is C18H22ClN5O2. The molecule has 1 saturated heterocycles. The highest BCUT2D eigenvalue weighted by molar-refractivity contribution is 6.30. The van der Waals surface area contributed by atoms with Gasteiger partial charge in [0.05, 0.1) is 6.54 Å². The fourth-order valence-electron chi connectivity index (χ4n) is 2.86. The Bertz CT molecular complexity index is 785. The van der Waals surface area contributed by atoms with Crippen molar-refractivity contribution in [1.82, 2.24) is 24.9 Å². The Kier molecular flexibility index (Phi) is 6.25. The second-order valence-corrected chi connectivity index (χ2v) is 6.64. The van der Waals surface area contributed by atoms with Crippen LogP contribution in [0, 0.1) is 0 Å². The van der Waals surface area contributed by atoms with Crippen LogP contribution in [0.15, 0.2) is 47.4 Å². The van der Waals surface area contributed by atoms with E-state index in [0.29, 0.717) is 31.2 Å². The molecule has 7 nitrogen and oxygen atoms in total. The van der Waals surface area contributed by atoms with Crippen LogP contribution in [-0.2, 0) is 13.1 Å². The van der Waals surface area contributed by atoms with Crippen LogP contribution in [0.3, 0.4) is 0 Å². The number of piperazine rings is 1. The van der Waals surface area contributed by atoms with Crippen molar-refractivity contribution >= 4 is 17.6 Å². The molecule has 0 radical (unpaired) electrons. The van der Waals surface area contributed by atoms with E-state index in [0.717, 1.165) is 25.2 Å². The summed E-state index contributed by atoms with van der Waals surface area (Å²) in [5.41, 5.74) is 0.926. The molecule has 1 N–H and O–H groups in total. The van der Waals surface area contributed by atoms with Crippen molar-refractivity contribution in [3.05, 3.63) is 63.5 Å². The number of urea groups is 1. The van der Waals surface area contributed by atoms with Crippen molar-refractivity contribution in [2.24, 2.45) is 0 Å². The van der Waals surface area contributed by atoms with Crippen molar-refractivity contribution in [2.45, 2.75) is 13.1 Å². The molecule has 0 spiro atoms. The number of hydrogen-bond acceptors (Lipinski definition) is 4. The van der Waals surface area contributed by atoms with Crippen LogP contribution in [0.4, 0.5) is 4.79 Å². The number of rotatable bonds is 5. The molecule has 0 aliphatic carbocycles. The van der Waals surface area contributed by atoms with Gasteiger partial charge in [0.25, 0.3) is 5.56 Å². The van der Waals surface area contributed by atoms with Crippen LogP contribution >= 0.6 is 11.6 Å². The lowest BCUT2D eigenvalue weighted by Crippen LogP contribution is -2.52. The highest BCUT2D eigenvalue weighted by Gasteiger charge is 2.20. The third kappa shape index (κ3) is 5.06. The predicted octanol–water partition coefficient (Wildman–Crippen LogP) is 1.42. The van der Waals surface area contributed by atoms with Gasteiger partial charge in [-0.1, -0.05) is 23.7 Å². The standard InChI is InChI=1S/C18H22ClN5O2/c19-16-5-3-15(4-6-16)14-20-18(26)23-11-8-22(9-12-23)10-13-24-17(25)2-1-7-21-24/h1-7H,8-14H2,(H,20,26). The van der Waals surface area contributed by atoms with Crippen LogP contribution in [0.2, 0.25) is 5.02 Å². The fraction of sp³-hybridized carbons (Fsp3) is 0.389. The van der Waals surface area contributed by atoms with Gasteiger partial charge in [-0.15, -0.1) is 0 Å². The summed E-state index contributed by atoms with van der Waals surface area (Å²) in [7, 11) is 0. The summed E-state index contributed by atoms with van der Waals surface area (Å²) in [6.07, 6.45) is 1.62. The molecule has 2 amide bonds. The lowest BCUT2D eigenvalue weighted by Gasteiger charge is -2.34. The molecular weight excluding hydrogens is 354 g/mol. The minimum atomic E-state index is -0.0901. The third-order valence-electron chi connectivity index (χ3n) is 4.43. The van der Waals surface area contributed by atoms with Gasteiger partial charge in [-0.2, -0.15) is 5.10 Å². The van der Waals surface area contributed by atoms with Gasteiger partial charge in [0.15, 0.2) is 0 Å². The minimum absolute atomic E-state index is 0.0551. The Balaban J connectivity index is 1.40. The number of carbonyl (C=O) groups is 1. The second-order valence-electron chi connectivity index (χ2n) is 6.20. The topological polar surface area (TPSA) is 70.5 Å². The Hall–Kier alpha value is -2.38. The maximum Gasteiger partial charge on any atom is 0.317 e. The highest BCUT2D eigenvalue weighted by atomic mass is 35.5. The average molecular weight is 376 g/mol. The largest absolute Gasteiger partial charge is 0.334 e. The summed E-state index contributed by atoms with van der Waals surface area (Å²) in [4.78, 5) is 28.0. The number of benzene rings is 1. The molecule has 0 atom stereocenters. The van der Waals surface area contributed by atoms with E-state index in [2.05, 4.69) is 15.3 Å². The van der Waals surface area contributed by atoms with E-state index in [1.807, 2.05) is 29.2 Å². The number of aromatic nitrogens is 2. The number of amides is 2. The monoisotopic (exact) mass is 375 g/mol. The molecule has 8 heteroatoms. The number of hydrogen-bond donors (Lipinski definition) is 1. The summed E-state index contributed by atoms with van der Waals surface area (Å²) < 4.78 is 1.46. The molecule has 1 aliphatic heterocycles. The van der Waals surface area contributed by atoms with Crippen molar-refractivity contribution in [3.63, 3.8) is 0 Å². The molecule has 0 unspecified atom stereocenters. The van der Waals surface area contributed by atoms with Gasteiger partial charge in [0.2, 0.25) is 0 Å². The molecule has 0 bridgehead atoms. The lowest BCUT2D eigenvalue weighted by atomic mass is 10.2. The number of nitrogens with one attached hydrogen (secondary N) is 1. The fourth-order valence-corrected chi connectivity index (χ4v) is 2.98. The van der Waals surface area contributed by atoms with Crippen LogP contribution < -0.4 is 10.9 Å². The van der Waals surface area contributed by atoms with Gasteiger partial charge in [-0.25, -0.2) is 9.48 Å². The molecule has 26 heavy (non-hydrogen) atoms. The molecule has 2 aromatic rings. The quantitative estimate of drug-likeness (QED) is 0.858. The first-order valence-corrected chi connectivity index (χ1v) is 9.01. The maximum absolute atomic E-state index is 12.3. The Morgan fingerprint density at radius 1 is 1.08 bits per heavy atom. The molecule has 3 rings (SSSR count). The first kappa shape index (κ1) is 18.4. The number of carbonyl (C=O) groups excluding carboxylic acids is 1. The third-order valence-corrected chi connectivity index (χ3v) is 4.68. The normalized spacial score (nSPS) is 15.0. The van der Waals surface area contributed by atoms with Crippen molar-refractivity contribution in [3.8, 4) is 0 Å². The minimum Gasteiger partial charge on any atom is -0.334 e. The first-order chi connectivity index (χ1) is 12.6. The molecule has 138 valence electrons. The van der Waals surface area contributed by atoms with E-state index in [4.69, 9.17) is 11.6 Å². The van der Waals surface area contributed by atoms with Crippen LogP contribution in [0.1, 0.15) is 5.56 Å². The molecule has 0 saturated carbocycles. The average Bonchev–Trinajstić information content (AvgIpc) is 2.67. The number of halogens is 1. The van der Waals surface area contributed by atoms with E-state index in [1.165, 1.54) is 10.7 Å². The first-order valence-electron chi connectivity index (χ1n) is 8.63. The molecule has 1 aliphatic rings. The zero-order valence-electron chi connectivity index (χ0n) is 14.5. The van der Waals surface area contributed by atoms with Gasteiger partial charge in [-0.3, -0.25) is 9.69 Å². The van der Waals surface area contributed by atoms with Crippen LogP contribution in [0.25, 0.3) is 0 Å². The van der Waals surface area contributed by atoms with Crippen LogP contribution in [-0.4, -0.2) is 58.3 Å². The molecule has 2 heterocycles. The molecule has 1 aromatic carbocycles. The number of nitrogens with zero attached hydrogens (tertiary/aromatic N) is 4. The summed E-state index contributed by atoms with van der Waals surface area (Å²) >= 11 is 5.86. The summed E-state index contributed by atoms with van der Waals surface area (Å²) in [5.74, 6) is 0. The van der Waals surface area contributed by atoms with E-state index in [-0.39, 0.29) is 11.6 Å². The van der Waals surface area contributed by atoms with E-state index < -0.39 is 0 Å². The Labute approximate surface area is 157 Å². The van der Waals surface area contributed by atoms with Gasteiger partial charge < -0.3 is 10.2 Å². The van der Waals surface area contributed by atoms with Gasteiger partial charge in [-0.05, 0) is 23.8 Å². The van der Waals surface area contributed by atoms with Gasteiger partial charge in [0, 0.05) is 56.6 Å². The second kappa shape index (κ2) is 8.82. The zero-order valence-corrected chi connectivity index (χ0v) is 15.2. The Morgan fingerprint density at radius 2 is 1.81 bits per heavy atom.